The first-order chi connectivity index (χ1) is 9.89. The Labute approximate surface area is 126 Å². The highest BCUT2D eigenvalue weighted by Gasteiger charge is 2.44. The second kappa shape index (κ2) is 6.45. The summed E-state index contributed by atoms with van der Waals surface area (Å²) in [6.07, 6.45) is 2.07. The van der Waals surface area contributed by atoms with E-state index in [0.29, 0.717) is 12.5 Å². The van der Waals surface area contributed by atoms with E-state index in [0.717, 1.165) is 30.8 Å². The summed E-state index contributed by atoms with van der Waals surface area (Å²) >= 11 is 0. The highest BCUT2D eigenvalue weighted by Crippen LogP contribution is 2.38. The number of amides is 1. The molecule has 1 saturated carbocycles. The van der Waals surface area contributed by atoms with Crippen molar-refractivity contribution in [3.63, 3.8) is 0 Å². The number of hydrogen-bond acceptors (Lipinski definition) is 4. The predicted molar refractivity (Wildman–Crippen MR) is 84.4 cm³/mol. The number of benzene rings is 1. The SMILES string of the molecule is CN(C)CCOc1cccc(NC(=O)C(C)(N)C2CC2)c1. The van der Waals surface area contributed by atoms with Gasteiger partial charge in [0.05, 0.1) is 5.54 Å². The van der Waals surface area contributed by atoms with Crippen molar-refractivity contribution in [2.24, 2.45) is 11.7 Å². The number of carbonyl (C=O) groups is 1. The highest BCUT2D eigenvalue weighted by molar-refractivity contribution is 5.98. The first-order valence-electron chi connectivity index (χ1n) is 7.37. The van der Waals surface area contributed by atoms with E-state index in [2.05, 4.69) is 10.2 Å². The first-order valence-corrected chi connectivity index (χ1v) is 7.37. The third-order valence-corrected chi connectivity index (χ3v) is 3.81. The van der Waals surface area contributed by atoms with Crippen molar-refractivity contribution in [3.05, 3.63) is 24.3 Å². The van der Waals surface area contributed by atoms with E-state index < -0.39 is 5.54 Å². The molecule has 0 spiro atoms. The molecule has 5 nitrogen and oxygen atoms in total. The van der Waals surface area contributed by atoms with E-state index in [1.165, 1.54) is 0 Å². The van der Waals surface area contributed by atoms with Crippen LogP contribution in [0.2, 0.25) is 0 Å². The lowest BCUT2D eigenvalue weighted by molar-refractivity contribution is -0.121. The number of ether oxygens (including phenoxy) is 1. The molecule has 1 fully saturated rings. The van der Waals surface area contributed by atoms with Crippen LogP contribution in [-0.4, -0.2) is 43.6 Å². The summed E-state index contributed by atoms with van der Waals surface area (Å²) in [5.74, 6) is 0.923. The molecule has 3 N–H and O–H groups in total. The van der Waals surface area contributed by atoms with Crippen molar-refractivity contribution in [3.8, 4) is 5.75 Å². The molecule has 0 radical (unpaired) electrons. The topological polar surface area (TPSA) is 67.6 Å². The molecule has 1 aromatic carbocycles. The van der Waals surface area contributed by atoms with E-state index in [1.807, 2.05) is 38.4 Å². The third kappa shape index (κ3) is 4.44. The number of nitrogens with one attached hydrogen (secondary N) is 1. The van der Waals surface area contributed by atoms with E-state index in [1.54, 1.807) is 6.92 Å². The molecule has 1 aromatic rings. The van der Waals surface area contributed by atoms with Gasteiger partial charge in [0.2, 0.25) is 5.91 Å². The fourth-order valence-corrected chi connectivity index (χ4v) is 2.14. The van der Waals surface area contributed by atoms with Crippen molar-refractivity contribution in [1.29, 1.82) is 0 Å². The van der Waals surface area contributed by atoms with Gasteiger partial charge in [-0.15, -0.1) is 0 Å². The molecule has 0 aromatic heterocycles. The third-order valence-electron chi connectivity index (χ3n) is 3.81. The van der Waals surface area contributed by atoms with E-state index in [9.17, 15) is 4.79 Å². The molecule has 1 atom stereocenters. The van der Waals surface area contributed by atoms with Gasteiger partial charge in [-0.2, -0.15) is 0 Å². The molecule has 1 aliphatic rings. The van der Waals surface area contributed by atoms with Gasteiger partial charge < -0.3 is 20.7 Å². The fraction of sp³-hybridized carbons (Fsp3) is 0.562. The quantitative estimate of drug-likeness (QED) is 0.802. The molecular formula is C16H25N3O2. The molecule has 5 heteroatoms. The summed E-state index contributed by atoms with van der Waals surface area (Å²) in [6, 6.07) is 7.43. The molecule has 1 unspecified atom stereocenters. The maximum Gasteiger partial charge on any atom is 0.244 e. The molecule has 0 saturated heterocycles. The molecule has 0 bridgehead atoms. The summed E-state index contributed by atoms with van der Waals surface area (Å²) in [5.41, 5.74) is 6.05. The monoisotopic (exact) mass is 291 g/mol. The van der Waals surface area contributed by atoms with Gasteiger partial charge in [0.25, 0.3) is 0 Å². The van der Waals surface area contributed by atoms with Gasteiger partial charge in [0.15, 0.2) is 0 Å². The maximum absolute atomic E-state index is 12.2. The Morgan fingerprint density at radius 3 is 2.81 bits per heavy atom. The standard InChI is InChI=1S/C16H25N3O2/c1-16(17,12-7-8-12)15(20)18-13-5-4-6-14(11-13)21-10-9-19(2)3/h4-6,11-12H,7-10,17H2,1-3H3,(H,18,20). The van der Waals surface area contributed by atoms with E-state index in [4.69, 9.17) is 10.5 Å². The van der Waals surface area contributed by atoms with Crippen LogP contribution in [-0.2, 0) is 4.79 Å². The van der Waals surface area contributed by atoms with Gasteiger partial charge in [0, 0.05) is 18.3 Å². The zero-order chi connectivity index (χ0) is 15.5. The minimum atomic E-state index is -0.790. The summed E-state index contributed by atoms with van der Waals surface area (Å²) in [7, 11) is 4.00. The van der Waals surface area contributed by atoms with Crippen LogP contribution in [0.15, 0.2) is 24.3 Å². The molecule has 1 amide bonds. The molecular weight excluding hydrogens is 266 g/mol. The number of carbonyl (C=O) groups excluding carboxylic acids is 1. The minimum Gasteiger partial charge on any atom is -0.492 e. The molecule has 0 aliphatic heterocycles. The Morgan fingerprint density at radius 1 is 1.48 bits per heavy atom. The lowest BCUT2D eigenvalue weighted by Gasteiger charge is -2.23. The number of nitrogens with two attached hydrogens (primary N) is 1. The van der Waals surface area contributed by atoms with Crippen molar-refractivity contribution in [2.45, 2.75) is 25.3 Å². The first kappa shape index (κ1) is 15.8. The second-order valence-electron chi connectivity index (χ2n) is 6.19. The summed E-state index contributed by atoms with van der Waals surface area (Å²) in [5, 5.41) is 2.89. The van der Waals surface area contributed by atoms with Crippen molar-refractivity contribution in [1.82, 2.24) is 4.90 Å². The normalized spacial score (nSPS) is 17.4. The maximum atomic E-state index is 12.2. The number of hydrogen-bond donors (Lipinski definition) is 2. The Bertz CT molecular complexity index is 496. The van der Waals surface area contributed by atoms with Crippen LogP contribution < -0.4 is 15.8 Å². The zero-order valence-electron chi connectivity index (χ0n) is 13.1. The number of rotatable bonds is 7. The lowest BCUT2D eigenvalue weighted by atomic mass is 9.96. The summed E-state index contributed by atoms with van der Waals surface area (Å²) < 4.78 is 5.66. The summed E-state index contributed by atoms with van der Waals surface area (Å²) in [6.45, 7) is 3.26. The van der Waals surface area contributed by atoms with E-state index >= 15 is 0 Å². The summed E-state index contributed by atoms with van der Waals surface area (Å²) in [4.78, 5) is 14.3. The van der Waals surface area contributed by atoms with Crippen LogP contribution in [0.4, 0.5) is 5.69 Å². The highest BCUT2D eigenvalue weighted by atomic mass is 16.5. The van der Waals surface area contributed by atoms with Crippen LogP contribution in [0.5, 0.6) is 5.75 Å². The molecule has 21 heavy (non-hydrogen) atoms. The van der Waals surface area contributed by atoms with Gasteiger partial charge in [-0.1, -0.05) is 6.07 Å². The average Bonchev–Trinajstić information content (AvgIpc) is 3.23. The molecule has 2 rings (SSSR count). The van der Waals surface area contributed by atoms with E-state index in [-0.39, 0.29) is 5.91 Å². The van der Waals surface area contributed by atoms with Gasteiger partial charge in [-0.25, -0.2) is 0 Å². The minimum absolute atomic E-state index is 0.129. The van der Waals surface area contributed by atoms with Crippen LogP contribution >= 0.6 is 0 Å². The zero-order valence-corrected chi connectivity index (χ0v) is 13.1. The Balaban J connectivity index is 1.92. The Morgan fingerprint density at radius 2 is 2.19 bits per heavy atom. The van der Waals surface area contributed by atoms with Crippen molar-refractivity contribution >= 4 is 11.6 Å². The fourth-order valence-electron chi connectivity index (χ4n) is 2.14. The smallest absolute Gasteiger partial charge is 0.244 e. The number of likely N-dealkylation sites (N-methyl/N-ethyl adjacent to an activating group) is 1. The van der Waals surface area contributed by atoms with Gasteiger partial charge >= 0.3 is 0 Å². The lowest BCUT2D eigenvalue weighted by Crippen LogP contribution is -2.50. The predicted octanol–water partition coefficient (Wildman–Crippen LogP) is 1.69. The Kier molecular flexibility index (Phi) is 4.85. The number of nitrogens with zero attached hydrogens (tertiary/aromatic N) is 1. The second-order valence-corrected chi connectivity index (χ2v) is 6.19. The molecule has 116 valence electrons. The molecule has 1 aliphatic carbocycles. The van der Waals surface area contributed by atoms with Gasteiger partial charge in [-0.05, 0) is 51.9 Å². The van der Waals surface area contributed by atoms with Crippen LogP contribution in [0.1, 0.15) is 19.8 Å². The average molecular weight is 291 g/mol. The van der Waals surface area contributed by atoms with Crippen molar-refractivity contribution in [2.75, 3.05) is 32.6 Å². The van der Waals surface area contributed by atoms with Crippen LogP contribution in [0.3, 0.4) is 0 Å². The Hall–Kier alpha value is -1.59. The number of anilines is 1. The van der Waals surface area contributed by atoms with Crippen molar-refractivity contribution < 1.29 is 9.53 Å². The van der Waals surface area contributed by atoms with Gasteiger partial charge in [0.1, 0.15) is 12.4 Å². The molecule has 0 heterocycles. The largest absolute Gasteiger partial charge is 0.492 e. The van der Waals surface area contributed by atoms with Crippen LogP contribution in [0.25, 0.3) is 0 Å². The van der Waals surface area contributed by atoms with Crippen LogP contribution in [0, 0.1) is 5.92 Å². The van der Waals surface area contributed by atoms with Gasteiger partial charge in [-0.3, -0.25) is 4.79 Å².